The highest BCUT2D eigenvalue weighted by molar-refractivity contribution is 5.95. The molecule has 0 saturated carbocycles. The number of hydrogen-bond donors (Lipinski definition) is 2. The van der Waals surface area contributed by atoms with E-state index in [-0.39, 0.29) is 24.5 Å². The molecule has 0 radical (unpaired) electrons. The van der Waals surface area contributed by atoms with Crippen LogP contribution in [0.15, 0.2) is 42.5 Å². The molecule has 0 saturated heterocycles. The Balaban J connectivity index is 1.67. The van der Waals surface area contributed by atoms with Crippen molar-refractivity contribution in [3.8, 4) is 5.75 Å². The summed E-state index contributed by atoms with van der Waals surface area (Å²) in [6.45, 7) is 3.95. The number of benzene rings is 2. The summed E-state index contributed by atoms with van der Waals surface area (Å²) < 4.78 is 5.34. The van der Waals surface area contributed by atoms with E-state index in [2.05, 4.69) is 10.6 Å². The summed E-state index contributed by atoms with van der Waals surface area (Å²) in [6.07, 6.45) is 0.349. The van der Waals surface area contributed by atoms with Crippen molar-refractivity contribution in [2.75, 3.05) is 11.9 Å². The Morgan fingerprint density at radius 3 is 2.88 bits per heavy atom. The third-order valence-corrected chi connectivity index (χ3v) is 4.13. The Morgan fingerprint density at radius 2 is 2.08 bits per heavy atom. The summed E-state index contributed by atoms with van der Waals surface area (Å²) in [7, 11) is 0. The van der Waals surface area contributed by atoms with Crippen LogP contribution in [-0.2, 0) is 16.0 Å². The third-order valence-electron chi connectivity index (χ3n) is 4.13. The predicted molar refractivity (Wildman–Crippen MR) is 92.0 cm³/mol. The van der Waals surface area contributed by atoms with Gasteiger partial charge in [0.1, 0.15) is 5.75 Å². The number of rotatable bonds is 4. The molecule has 5 heteroatoms. The Morgan fingerprint density at radius 1 is 1.29 bits per heavy atom. The number of carbonyl (C=O) groups is 2. The number of fused-ring (bicyclic) bond motifs is 1. The Hall–Kier alpha value is -2.82. The van der Waals surface area contributed by atoms with Crippen LogP contribution in [-0.4, -0.2) is 18.4 Å². The standard InChI is InChI=1S/C19H20N2O3/c1-12-5-3-4-6-14(12)10-18(22)20-13(2)15-7-8-17-16(9-15)21-19(23)11-24-17/h3-9,13H,10-11H2,1-2H3,(H,20,22)(H,21,23)/t13-/m0/s1. The van der Waals surface area contributed by atoms with Gasteiger partial charge in [-0.3, -0.25) is 9.59 Å². The van der Waals surface area contributed by atoms with Gasteiger partial charge in [-0.25, -0.2) is 0 Å². The van der Waals surface area contributed by atoms with Crippen molar-refractivity contribution in [2.24, 2.45) is 0 Å². The summed E-state index contributed by atoms with van der Waals surface area (Å²) in [4.78, 5) is 23.7. The van der Waals surface area contributed by atoms with Crippen LogP contribution in [0.4, 0.5) is 5.69 Å². The lowest BCUT2D eigenvalue weighted by Crippen LogP contribution is -2.29. The molecule has 1 atom stereocenters. The molecule has 1 heterocycles. The second-order valence-corrected chi connectivity index (χ2v) is 5.98. The molecule has 0 bridgehead atoms. The predicted octanol–water partition coefficient (Wildman–Crippen LogP) is 2.75. The zero-order valence-corrected chi connectivity index (χ0v) is 13.8. The summed E-state index contributed by atoms with van der Waals surface area (Å²) in [5, 5.41) is 5.78. The van der Waals surface area contributed by atoms with Gasteiger partial charge in [-0.15, -0.1) is 0 Å². The molecule has 2 N–H and O–H groups in total. The van der Waals surface area contributed by atoms with Crippen molar-refractivity contribution in [3.05, 3.63) is 59.2 Å². The van der Waals surface area contributed by atoms with Gasteiger partial charge in [-0.2, -0.15) is 0 Å². The summed E-state index contributed by atoms with van der Waals surface area (Å²) in [5.41, 5.74) is 3.68. The fraction of sp³-hybridized carbons (Fsp3) is 0.263. The number of aryl methyl sites for hydroxylation is 1. The molecule has 2 amide bonds. The number of anilines is 1. The lowest BCUT2D eigenvalue weighted by atomic mass is 10.0. The molecule has 1 aliphatic heterocycles. The molecule has 0 aromatic heterocycles. The topological polar surface area (TPSA) is 67.4 Å². The minimum absolute atomic E-state index is 0.0326. The zero-order valence-electron chi connectivity index (χ0n) is 13.8. The number of carbonyl (C=O) groups excluding carboxylic acids is 2. The number of ether oxygens (including phenoxy) is 1. The molecule has 0 fully saturated rings. The number of nitrogens with one attached hydrogen (secondary N) is 2. The molecule has 5 nitrogen and oxygen atoms in total. The van der Waals surface area contributed by atoms with Gasteiger partial charge in [0, 0.05) is 0 Å². The summed E-state index contributed by atoms with van der Waals surface area (Å²) in [6, 6.07) is 13.2. The maximum absolute atomic E-state index is 12.3. The second kappa shape index (κ2) is 6.74. The van der Waals surface area contributed by atoms with Crippen LogP contribution in [0.1, 0.15) is 29.7 Å². The molecule has 2 aromatic carbocycles. The van der Waals surface area contributed by atoms with Gasteiger partial charge >= 0.3 is 0 Å². The van der Waals surface area contributed by atoms with E-state index in [1.54, 1.807) is 0 Å². The van der Waals surface area contributed by atoms with E-state index in [1.807, 2.05) is 56.3 Å². The smallest absolute Gasteiger partial charge is 0.262 e. The van der Waals surface area contributed by atoms with Gasteiger partial charge in [0.2, 0.25) is 5.91 Å². The fourth-order valence-electron chi connectivity index (χ4n) is 2.73. The highest BCUT2D eigenvalue weighted by Crippen LogP contribution is 2.30. The van der Waals surface area contributed by atoms with E-state index in [0.717, 1.165) is 16.7 Å². The second-order valence-electron chi connectivity index (χ2n) is 5.98. The van der Waals surface area contributed by atoms with Gasteiger partial charge in [0.15, 0.2) is 6.61 Å². The first-order valence-corrected chi connectivity index (χ1v) is 7.93. The number of amides is 2. The monoisotopic (exact) mass is 324 g/mol. The maximum atomic E-state index is 12.3. The Labute approximate surface area is 141 Å². The van der Waals surface area contributed by atoms with Crippen molar-refractivity contribution in [2.45, 2.75) is 26.3 Å². The number of hydrogen-bond acceptors (Lipinski definition) is 3. The normalized spacial score (nSPS) is 14.2. The zero-order chi connectivity index (χ0) is 17.1. The minimum atomic E-state index is -0.170. The van der Waals surface area contributed by atoms with Crippen molar-refractivity contribution in [3.63, 3.8) is 0 Å². The minimum Gasteiger partial charge on any atom is -0.482 e. The first kappa shape index (κ1) is 16.1. The van der Waals surface area contributed by atoms with E-state index < -0.39 is 0 Å². The van der Waals surface area contributed by atoms with Gasteiger partial charge in [0.05, 0.1) is 18.2 Å². The van der Waals surface area contributed by atoms with E-state index >= 15 is 0 Å². The molecule has 2 aromatic rings. The van der Waals surface area contributed by atoms with Crippen LogP contribution >= 0.6 is 0 Å². The summed E-state index contributed by atoms with van der Waals surface area (Å²) >= 11 is 0. The first-order valence-electron chi connectivity index (χ1n) is 7.93. The summed E-state index contributed by atoms with van der Waals surface area (Å²) in [5.74, 6) is 0.447. The largest absolute Gasteiger partial charge is 0.482 e. The molecule has 124 valence electrons. The molecule has 0 unspecified atom stereocenters. The maximum Gasteiger partial charge on any atom is 0.262 e. The fourth-order valence-corrected chi connectivity index (χ4v) is 2.73. The van der Waals surface area contributed by atoms with Crippen molar-refractivity contribution in [1.82, 2.24) is 5.32 Å². The highest BCUT2D eigenvalue weighted by atomic mass is 16.5. The van der Waals surface area contributed by atoms with Crippen molar-refractivity contribution in [1.29, 1.82) is 0 Å². The Kier molecular flexibility index (Phi) is 4.51. The van der Waals surface area contributed by atoms with Crippen LogP contribution in [0.5, 0.6) is 5.75 Å². The van der Waals surface area contributed by atoms with Crippen molar-refractivity contribution >= 4 is 17.5 Å². The van der Waals surface area contributed by atoms with Crippen LogP contribution in [0.25, 0.3) is 0 Å². The SMILES string of the molecule is Cc1ccccc1CC(=O)N[C@@H](C)c1ccc2c(c1)NC(=O)CO2. The quantitative estimate of drug-likeness (QED) is 0.909. The van der Waals surface area contributed by atoms with Gasteiger partial charge in [0.25, 0.3) is 5.91 Å². The molecule has 0 aliphatic carbocycles. The molecular weight excluding hydrogens is 304 g/mol. The van der Waals surface area contributed by atoms with Crippen LogP contribution < -0.4 is 15.4 Å². The average molecular weight is 324 g/mol. The Bertz CT molecular complexity index is 786. The van der Waals surface area contributed by atoms with E-state index in [9.17, 15) is 9.59 Å². The van der Waals surface area contributed by atoms with Crippen molar-refractivity contribution < 1.29 is 14.3 Å². The van der Waals surface area contributed by atoms with E-state index in [1.165, 1.54) is 0 Å². The molecule has 3 rings (SSSR count). The van der Waals surface area contributed by atoms with Gasteiger partial charge in [-0.1, -0.05) is 30.3 Å². The van der Waals surface area contributed by atoms with Crippen LogP contribution in [0.3, 0.4) is 0 Å². The highest BCUT2D eigenvalue weighted by Gasteiger charge is 2.18. The van der Waals surface area contributed by atoms with Crippen LogP contribution in [0.2, 0.25) is 0 Å². The molecular formula is C19H20N2O3. The molecule has 24 heavy (non-hydrogen) atoms. The first-order chi connectivity index (χ1) is 11.5. The molecule has 1 aliphatic rings. The van der Waals surface area contributed by atoms with E-state index in [4.69, 9.17) is 4.74 Å². The van der Waals surface area contributed by atoms with Gasteiger partial charge < -0.3 is 15.4 Å². The van der Waals surface area contributed by atoms with Crippen LogP contribution in [0, 0.1) is 6.92 Å². The third kappa shape index (κ3) is 3.56. The molecule has 0 spiro atoms. The van der Waals surface area contributed by atoms with Gasteiger partial charge in [-0.05, 0) is 42.7 Å². The van der Waals surface area contributed by atoms with E-state index in [0.29, 0.717) is 17.9 Å². The average Bonchev–Trinajstić information content (AvgIpc) is 2.56. The lowest BCUT2D eigenvalue weighted by molar-refractivity contribution is -0.121. The lowest BCUT2D eigenvalue weighted by Gasteiger charge is -2.21.